The van der Waals surface area contributed by atoms with Gasteiger partial charge in [-0.05, 0) is 43.9 Å². The second-order valence-corrected chi connectivity index (χ2v) is 5.63. The Kier molecular flexibility index (Phi) is 4.42. The van der Waals surface area contributed by atoms with Crippen LogP contribution in [0.4, 0.5) is 11.6 Å². The highest BCUT2D eigenvalue weighted by molar-refractivity contribution is 5.48. The standard InChI is InChI=1S/C17H22N4O/c1-12-19-16(11-17(20-12)21-14-5-6-14)18-10-9-13-3-7-15(22-2)8-4-13/h3-4,7-8,11,14H,5-6,9-10H2,1-2H3,(H2,18,19,20,21). The van der Waals surface area contributed by atoms with Gasteiger partial charge < -0.3 is 15.4 Å². The fraction of sp³-hybridized carbons (Fsp3) is 0.412. The summed E-state index contributed by atoms with van der Waals surface area (Å²) < 4.78 is 5.17. The normalized spacial score (nSPS) is 13.7. The maximum atomic E-state index is 5.17. The van der Waals surface area contributed by atoms with Crippen molar-refractivity contribution in [2.75, 3.05) is 24.3 Å². The van der Waals surface area contributed by atoms with Crippen LogP contribution >= 0.6 is 0 Å². The minimum absolute atomic E-state index is 0.599. The van der Waals surface area contributed by atoms with E-state index < -0.39 is 0 Å². The molecular weight excluding hydrogens is 276 g/mol. The topological polar surface area (TPSA) is 59.1 Å². The predicted octanol–water partition coefficient (Wildman–Crippen LogP) is 3.02. The lowest BCUT2D eigenvalue weighted by Crippen LogP contribution is -2.10. The Balaban J connectivity index is 1.54. The molecule has 0 atom stereocenters. The summed E-state index contributed by atoms with van der Waals surface area (Å²) in [6.07, 6.45) is 3.42. The van der Waals surface area contributed by atoms with Gasteiger partial charge in [0.2, 0.25) is 0 Å². The van der Waals surface area contributed by atoms with Crippen LogP contribution in [0.25, 0.3) is 0 Å². The van der Waals surface area contributed by atoms with Crippen molar-refractivity contribution in [3.05, 3.63) is 41.7 Å². The summed E-state index contributed by atoms with van der Waals surface area (Å²) in [6, 6.07) is 10.7. The van der Waals surface area contributed by atoms with Crippen molar-refractivity contribution >= 4 is 11.6 Å². The lowest BCUT2D eigenvalue weighted by molar-refractivity contribution is 0.414. The molecule has 0 aliphatic heterocycles. The quantitative estimate of drug-likeness (QED) is 0.823. The van der Waals surface area contributed by atoms with Gasteiger partial charge in [0.05, 0.1) is 7.11 Å². The molecule has 116 valence electrons. The molecule has 1 aliphatic rings. The van der Waals surface area contributed by atoms with Crippen LogP contribution in [0.5, 0.6) is 5.75 Å². The number of anilines is 2. The third-order valence-corrected chi connectivity index (χ3v) is 3.65. The zero-order valence-electron chi connectivity index (χ0n) is 13.1. The van der Waals surface area contributed by atoms with Crippen molar-refractivity contribution in [2.45, 2.75) is 32.2 Å². The molecule has 0 saturated heterocycles. The molecule has 0 bridgehead atoms. The van der Waals surface area contributed by atoms with Crippen LogP contribution in [0.2, 0.25) is 0 Å². The van der Waals surface area contributed by atoms with E-state index in [2.05, 4.69) is 32.7 Å². The van der Waals surface area contributed by atoms with E-state index in [1.165, 1.54) is 18.4 Å². The minimum Gasteiger partial charge on any atom is -0.497 e. The molecule has 1 aromatic heterocycles. The Morgan fingerprint density at radius 3 is 2.55 bits per heavy atom. The summed E-state index contributed by atoms with van der Waals surface area (Å²) in [5.41, 5.74) is 1.27. The largest absolute Gasteiger partial charge is 0.497 e. The van der Waals surface area contributed by atoms with Gasteiger partial charge in [-0.3, -0.25) is 0 Å². The summed E-state index contributed by atoms with van der Waals surface area (Å²) in [4.78, 5) is 8.86. The Morgan fingerprint density at radius 1 is 1.14 bits per heavy atom. The lowest BCUT2D eigenvalue weighted by atomic mass is 10.1. The molecule has 0 unspecified atom stereocenters. The van der Waals surface area contributed by atoms with Crippen molar-refractivity contribution in [2.24, 2.45) is 0 Å². The maximum Gasteiger partial charge on any atom is 0.132 e. The van der Waals surface area contributed by atoms with Gasteiger partial charge in [-0.25, -0.2) is 9.97 Å². The number of hydrogen-bond donors (Lipinski definition) is 2. The molecule has 0 amide bonds. The highest BCUT2D eigenvalue weighted by Crippen LogP contribution is 2.24. The van der Waals surface area contributed by atoms with E-state index in [4.69, 9.17) is 4.74 Å². The highest BCUT2D eigenvalue weighted by Gasteiger charge is 2.21. The van der Waals surface area contributed by atoms with Crippen LogP contribution in [0, 0.1) is 6.92 Å². The van der Waals surface area contributed by atoms with Crippen LogP contribution in [0.15, 0.2) is 30.3 Å². The van der Waals surface area contributed by atoms with E-state index in [0.717, 1.165) is 36.2 Å². The van der Waals surface area contributed by atoms with Gasteiger partial charge in [0.15, 0.2) is 0 Å². The third kappa shape index (κ3) is 4.10. The number of rotatable bonds is 7. The van der Waals surface area contributed by atoms with Crippen LogP contribution in [-0.4, -0.2) is 29.7 Å². The van der Waals surface area contributed by atoms with Crippen molar-refractivity contribution in [3.63, 3.8) is 0 Å². The van der Waals surface area contributed by atoms with Crippen molar-refractivity contribution < 1.29 is 4.74 Å². The molecule has 0 radical (unpaired) electrons. The van der Waals surface area contributed by atoms with Gasteiger partial charge in [0.25, 0.3) is 0 Å². The lowest BCUT2D eigenvalue weighted by Gasteiger charge is -2.10. The van der Waals surface area contributed by atoms with E-state index in [1.54, 1.807) is 7.11 Å². The number of nitrogens with one attached hydrogen (secondary N) is 2. The Morgan fingerprint density at radius 2 is 1.86 bits per heavy atom. The summed E-state index contributed by atoms with van der Waals surface area (Å²) in [7, 11) is 1.68. The molecule has 1 heterocycles. The van der Waals surface area contributed by atoms with Gasteiger partial charge in [-0.15, -0.1) is 0 Å². The molecule has 1 aliphatic carbocycles. The first-order valence-electron chi connectivity index (χ1n) is 7.72. The Hall–Kier alpha value is -2.30. The minimum atomic E-state index is 0.599. The fourth-order valence-electron chi connectivity index (χ4n) is 2.30. The van der Waals surface area contributed by atoms with Gasteiger partial charge in [0.1, 0.15) is 23.2 Å². The summed E-state index contributed by atoms with van der Waals surface area (Å²) in [5.74, 6) is 3.47. The zero-order valence-corrected chi connectivity index (χ0v) is 13.1. The Labute approximate surface area is 131 Å². The SMILES string of the molecule is COc1ccc(CCNc2cc(NC3CC3)nc(C)n2)cc1. The molecule has 1 aromatic carbocycles. The first kappa shape index (κ1) is 14.6. The summed E-state index contributed by atoms with van der Waals surface area (Å²) in [6.45, 7) is 2.76. The third-order valence-electron chi connectivity index (χ3n) is 3.65. The molecule has 2 aromatic rings. The van der Waals surface area contributed by atoms with E-state index in [0.29, 0.717) is 6.04 Å². The monoisotopic (exact) mass is 298 g/mol. The van der Waals surface area contributed by atoms with Gasteiger partial charge in [0, 0.05) is 18.7 Å². The molecule has 1 fully saturated rings. The number of ether oxygens (including phenoxy) is 1. The second-order valence-electron chi connectivity index (χ2n) is 5.63. The number of nitrogens with zero attached hydrogens (tertiary/aromatic N) is 2. The highest BCUT2D eigenvalue weighted by atomic mass is 16.5. The molecule has 3 rings (SSSR count). The fourth-order valence-corrected chi connectivity index (χ4v) is 2.30. The van der Waals surface area contributed by atoms with E-state index in [-0.39, 0.29) is 0 Å². The van der Waals surface area contributed by atoms with E-state index in [1.807, 2.05) is 25.1 Å². The number of aryl methyl sites for hydroxylation is 1. The molecule has 5 nitrogen and oxygen atoms in total. The smallest absolute Gasteiger partial charge is 0.132 e. The average molecular weight is 298 g/mol. The van der Waals surface area contributed by atoms with Gasteiger partial charge in [-0.2, -0.15) is 0 Å². The zero-order chi connectivity index (χ0) is 15.4. The second kappa shape index (κ2) is 6.64. The molecule has 0 spiro atoms. The van der Waals surface area contributed by atoms with E-state index in [9.17, 15) is 0 Å². The first-order chi connectivity index (χ1) is 10.7. The van der Waals surface area contributed by atoms with Crippen LogP contribution in [0.3, 0.4) is 0 Å². The van der Waals surface area contributed by atoms with Crippen molar-refractivity contribution in [1.82, 2.24) is 9.97 Å². The number of benzene rings is 1. The molecule has 5 heteroatoms. The van der Waals surface area contributed by atoms with Crippen molar-refractivity contribution in [1.29, 1.82) is 0 Å². The van der Waals surface area contributed by atoms with Crippen LogP contribution in [-0.2, 0) is 6.42 Å². The molecule has 22 heavy (non-hydrogen) atoms. The maximum absolute atomic E-state index is 5.17. The molecule has 1 saturated carbocycles. The van der Waals surface area contributed by atoms with E-state index >= 15 is 0 Å². The van der Waals surface area contributed by atoms with Gasteiger partial charge in [-0.1, -0.05) is 12.1 Å². The number of methoxy groups -OCH3 is 1. The predicted molar refractivity (Wildman–Crippen MR) is 88.6 cm³/mol. The van der Waals surface area contributed by atoms with Crippen LogP contribution in [0.1, 0.15) is 24.2 Å². The Bertz CT molecular complexity index is 623. The first-order valence-corrected chi connectivity index (χ1v) is 7.72. The molecular formula is C17H22N4O. The number of hydrogen-bond acceptors (Lipinski definition) is 5. The average Bonchev–Trinajstić information content (AvgIpc) is 3.31. The summed E-state index contributed by atoms with van der Waals surface area (Å²) >= 11 is 0. The van der Waals surface area contributed by atoms with Gasteiger partial charge >= 0.3 is 0 Å². The van der Waals surface area contributed by atoms with Crippen molar-refractivity contribution in [3.8, 4) is 5.75 Å². The van der Waals surface area contributed by atoms with Crippen LogP contribution < -0.4 is 15.4 Å². The molecule has 2 N–H and O–H groups in total. The number of aromatic nitrogens is 2. The summed E-state index contributed by atoms with van der Waals surface area (Å²) in [5, 5.41) is 6.79.